The molecule has 2 aromatic carbocycles. The largest absolute Gasteiger partial charge is 0.490 e. The van der Waals surface area contributed by atoms with Crippen molar-refractivity contribution in [2.24, 2.45) is 23.7 Å². The first-order chi connectivity index (χ1) is 21.6. The number of aryl methyl sites for hydroxylation is 1. The van der Waals surface area contributed by atoms with Gasteiger partial charge in [0.05, 0.1) is 23.3 Å². The van der Waals surface area contributed by atoms with Gasteiger partial charge in [0.15, 0.2) is 0 Å². The Morgan fingerprint density at radius 3 is 2.76 bits per heavy atom. The third-order valence-corrected chi connectivity index (χ3v) is 12.2. The van der Waals surface area contributed by atoms with E-state index in [0.29, 0.717) is 50.2 Å². The van der Waals surface area contributed by atoms with Crippen LogP contribution in [-0.2, 0) is 36.1 Å². The van der Waals surface area contributed by atoms with Crippen molar-refractivity contribution in [2.45, 2.75) is 68.3 Å². The van der Waals surface area contributed by atoms with Crippen molar-refractivity contribution in [3.63, 3.8) is 0 Å². The number of hydrogen-bond donors (Lipinski definition) is 1. The molecule has 10 heteroatoms. The average molecular weight is 657 g/mol. The summed E-state index contributed by atoms with van der Waals surface area (Å²) in [7, 11) is -0.783. The van der Waals surface area contributed by atoms with Gasteiger partial charge in [-0.05, 0) is 104 Å². The Balaban J connectivity index is 1.42. The number of nitrogens with one attached hydrogen (secondary N) is 1. The molecule has 0 aromatic heterocycles. The topological polar surface area (TPSA) is 94.2 Å². The summed E-state index contributed by atoms with van der Waals surface area (Å²) in [4.78, 5) is 15.9. The van der Waals surface area contributed by atoms with Gasteiger partial charge < -0.3 is 19.1 Å². The molecule has 4 aliphatic rings. The van der Waals surface area contributed by atoms with E-state index in [-0.39, 0.29) is 22.3 Å². The fourth-order valence-electron chi connectivity index (χ4n) is 7.97. The normalized spacial score (nSPS) is 31.9. The van der Waals surface area contributed by atoms with Gasteiger partial charge in [-0.2, -0.15) is 0 Å². The van der Waals surface area contributed by atoms with E-state index in [1.54, 1.807) is 32.4 Å². The highest BCUT2D eigenvalue weighted by atomic mass is 35.5. The van der Waals surface area contributed by atoms with Gasteiger partial charge in [0.1, 0.15) is 5.75 Å². The molecule has 1 fully saturated rings. The number of benzene rings is 2. The SMILES string of the molecule is COCC[C@H]1C(=O)NS(=O)(=O)c2ccc3c(c2)N(C[C@@H]2CC[C@H]2[C@H](OC)/C=C/C[C@@H]1C)C[C@@]1(CCCc2cc(Cl)ccc21)CO3. The zero-order chi connectivity index (χ0) is 31.8. The minimum atomic E-state index is -4.14. The number of halogens is 1. The molecule has 6 rings (SSSR count). The summed E-state index contributed by atoms with van der Waals surface area (Å²) in [6.07, 6.45) is 10.4. The van der Waals surface area contributed by atoms with E-state index < -0.39 is 21.8 Å². The number of nitrogens with zero attached hydrogens (tertiary/aromatic N) is 1. The molecular formula is C35H45ClN2O6S. The quantitative estimate of drug-likeness (QED) is 0.409. The molecule has 45 heavy (non-hydrogen) atoms. The summed E-state index contributed by atoms with van der Waals surface area (Å²) >= 11 is 6.42. The molecule has 0 saturated heterocycles. The van der Waals surface area contributed by atoms with Crippen LogP contribution >= 0.6 is 11.6 Å². The number of carbonyl (C=O) groups is 1. The number of methoxy groups -OCH3 is 2. The lowest BCUT2D eigenvalue weighted by molar-refractivity contribution is -0.125. The van der Waals surface area contributed by atoms with Gasteiger partial charge in [-0.15, -0.1) is 0 Å². The third kappa shape index (κ3) is 6.51. The predicted molar refractivity (Wildman–Crippen MR) is 175 cm³/mol. The highest BCUT2D eigenvalue weighted by Gasteiger charge is 2.44. The second kappa shape index (κ2) is 13.3. The first-order valence-corrected chi connectivity index (χ1v) is 18.1. The number of amides is 1. The maximum absolute atomic E-state index is 13.7. The number of rotatable bonds is 4. The first kappa shape index (κ1) is 32.4. The highest BCUT2D eigenvalue weighted by molar-refractivity contribution is 7.90. The van der Waals surface area contributed by atoms with Crippen molar-refractivity contribution in [1.29, 1.82) is 0 Å². The van der Waals surface area contributed by atoms with E-state index in [2.05, 4.69) is 33.9 Å². The van der Waals surface area contributed by atoms with E-state index >= 15 is 0 Å². The van der Waals surface area contributed by atoms with E-state index in [4.69, 9.17) is 25.8 Å². The molecule has 0 radical (unpaired) electrons. The molecule has 1 saturated carbocycles. The van der Waals surface area contributed by atoms with Crippen LogP contribution in [0, 0.1) is 23.7 Å². The molecule has 2 aliphatic carbocycles. The minimum absolute atomic E-state index is 0.0315. The molecule has 2 bridgehead atoms. The third-order valence-electron chi connectivity index (χ3n) is 10.7. The van der Waals surface area contributed by atoms with Crippen molar-refractivity contribution < 1.29 is 27.4 Å². The van der Waals surface area contributed by atoms with Crippen molar-refractivity contribution in [3.8, 4) is 5.75 Å². The van der Waals surface area contributed by atoms with Gasteiger partial charge >= 0.3 is 0 Å². The first-order valence-electron chi connectivity index (χ1n) is 16.2. The van der Waals surface area contributed by atoms with Crippen molar-refractivity contribution in [1.82, 2.24) is 4.72 Å². The highest BCUT2D eigenvalue weighted by Crippen LogP contribution is 2.47. The van der Waals surface area contributed by atoms with Gasteiger partial charge in [-0.3, -0.25) is 4.79 Å². The van der Waals surface area contributed by atoms with Crippen LogP contribution in [0.3, 0.4) is 0 Å². The zero-order valence-electron chi connectivity index (χ0n) is 26.5. The summed E-state index contributed by atoms with van der Waals surface area (Å²) in [5, 5.41) is 0.736. The number of sulfonamides is 1. The summed E-state index contributed by atoms with van der Waals surface area (Å²) in [5.74, 6) is 0.238. The number of hydrogen-bond acceptors (Lipinski definition) is 7. The van der Waals surface area contributed by atoms with E-state index in [1.807, 2.05) is 13.0 Å². The predicted octanol–water partition coefficient (Wildman–Crippen LogP) is 5.91. The maximum atomic E-state index is 13.7. The number of carbonyl (C=O) groups excluding carboxylic acids is 1. The fourth-order valence-corrected chi connectivity index (χ4v) is 9.21. The molecule has 2 aromatic rings. The number of ether oxygens (including phenoxy) is 3. The monoisotopic (exact) mass is 656 g/mol. The Hall–Kier alpha value is -2.59. The van der Waals surface area contributed by atoms with Crippen LogP contribution in [-0.4, -0.2) is 61.0 Å². The van der Waals surface area contributed by atoms with Gasteiger partial charge in [0, 0.05) is 50.3 Å². The average Bonchev–Trinajstić information content (AvgIpc) is 3.15. The minimum Gasteiger partial charge on any atom is -0.490 e. The van der Waals surface area contributed by atoms with E-state index in [0.717, 1.165) is 49.4 Å². The number of allylic oxidation sites excluding steroid dienone is 1. The Morgan fingerprint density at radius 2 is 2.00 bits per heavy atom. The Bertz CT molecular complexity index is 1550. The second-order valence-electron chi connectivity index (χ2n) is 13.4. The van der Waals surface area contributed by atoms with Crippen LogP contribution in [0.15, 0.2) is 53.4 Å². The molecule has 2 aliphatic heterocycles. The molecule has 1 amide bonds. The van der Waals surface area contributed by atoms with Crippen LogP contribution in [0.25, 0.3) is 0 Å². The van der Waals surface area contributed by atoms with Crippen molar-refractivity contribution in [3.05, 3.63) is 64.7 Å². The standard InChI is InChI=1S/C35H45ClN2O6S/c1-23-6-4-8-32(43-3)29-12-9-25(29)20-38-21-35(16-5-7-24-18-26(36)10-13-30(24)35)22-44-33-14-11-27(19-31(33)38)45(40,41)37-34(39)28(23)15-17-42-2/h4,8,10-11,13-14,18-19,23,25,28-29,32H,5-7,9,12,15-17,20-22H2,1-3H3,(H,37,39)/b8-4+/t23-,25-,28+,29+,32+,35-/m0/s1. The molecule has 8 nitrogen and oxygen atoms in total. The molecule has 0 unspecified atom stereocenters. The van der Waals surface area contributed by atoms with Crippen LogP contribution in [0.4, 0.5) is 5.69 Å². The van der Waals surface area contributed by atoms with Crippen LogP contribution < -0.4 is 14.4 Å². The van der Waals surface area contributed by atoms with Crippen molar-refractivity contribution >= 4 is 33.2 Å². The Kier molecular flexibility index (Phi) is 9.53. The van der Waals surface area contributed by atoms with Crippen LogP contribution in [0.1, 0.15) is 56.6 Å². The van der Waals surface area contributed by atoms with Crippen LogP contribution in [0.5, 0.6) is 5.75 Å². The lowest BCUT2D eigenvalue weighted by Gasteiger charge is -2.46. The lowest BCUT2D eigenvalue weighted by atomic mass is 9.68. The molecule has 1 spiro atoms. The molecule has 2 heterocycles. The summed E-state index contributed by atoms with van der Waals surface area (Å²) in [6.45, 7) is 4.28. The fraction of sp³-hybridized carbons (Fsp3) is 0.571. The number of fused-ring (bicyclic) bond motifs is 4. The smallest absolute Gasteiger partial charge is 0.264 e. The molecular weight excluding hydrogens is 612 g/mol. The maximum Gasteiger partial charge on any atom is 0.264 e. The summed E-state index contributed by atoms with van der Waals surface area (Å²) in [5.41, 5.74) is 3.00. The Morgan fingerprint density at radius 1 is 1.16 bits per heavy atom. The lowest BCUT2D eigenvalue weighted by Crippen LogP contribution is -2.49. The van der Waals surface area contributed by atoms with E-state index in [9.17, 15) is 13.2 Å². The summed E-state index contributed by atoms with van der Waals surface area (Å²) < 4.78 is 47.8. The van der Waals surface area contributed by atoms with Gasteiger partial charge in [0.2, 0.25) is 5.91 Å². The van der Waals surface area contributed by atoms with Gasteiger partial charge in [0.25, 0.3) is 10.0 Å². The van der Waals surface area contributed by atoms with Crippen LogP contribution in [0.2, 0.25) is 5.02 Å². The Labute approximate surface area is 272 Å². The zero-order valence-corrected chi connectivity index (χ0v) is 28.0. The molecule has 244 valence electrons. The second-order valence-corrected chi connectivity index (χ2v) is 15.6. The molecule has 6 atom stereocenters. The van der Waals surface area contributed by atoms with Gasteiger partial charge in [-0.1, -0.05) is 36.7 Å². The number of anilines is 1. The summed E-state index contributed by atoms with van der Waals surface area (Å²) in [6, 6.07) is 11.2. The van der Waals surface area contributed by atoms with Gasteiger partial charge in [-0.25, -0.2) is 13.1 Å². The van der Waals surface area contributed by atoms with E-state index in [1.165, 1.54) is 11.1 Å². The van der Waals surface area contributed by atoms with Crippen molar-refractivity contribution in [2.75, 3.05) is 45.4 Å². The molecule has 1 N–H and O–H groups in total.